The van der Waals surface area contributed by atoms with E-state index in [2.05, 4.69) is 30.7 Å². The molecule has 3 heteroatoms. The molecule has 2 fully saturated rings. The fourth-order valence-electron chi connectivity index (χ4n) is 2.26. The molecule has 3 nitrogen and oxygen atoms in total. The summed E-state index contributed by atoms with van der Waals surface area (Å²) in [5.74, 6) is 0. The van der Waals surface area contributed by atoms with Gasteiger partial charge in [-0.25, -0.2) is 0 Å². The number of hydrogen-bond donors (Lipinski definition) is 0. The number of epoxide rings is 1. The van der Waals surface area contributed by atoms with Crippen molar-refractivity contribution in [3.8, 4) is 0 Å². The van der Waals surface area contributed by atoms with Gasteiger partial charge in [-0.15, -0.1) is 0 Å². The van der Waals surface area contributed by atoms with Crippen molar-refractivity contribution in [2.75, 3.05) is 33.3 Å². The highest BCUT2D eigenvalue weighted by Gasteiger charge is 2.28. The molecule has 2 aliphatic heterocycles. The van der Waals surface area contributed by atoms with Gasteiger partial charge in [0.25, 0.3) is 0 Å². The van der Waals surface area contributed by atoms with E-state index in [0.717, 1.165) is 6.61 Å². The molecular formula is C11H22N2O. The highest BCUT2D eigenvalue weighted by molar-refractivity contribution is 4.83. The molecule has 0 bridgehead atoms. The molecule has 0 aromatic heterocycles. The lowest BCUT2D eigenvalue weighted by Crippen LogP contribution is -2.55. The van der Waals surface area contributed by atoms with Gasteiger partial charge in [-0.1, -0.05) is 0 Å². The Bertz CT molecular complexity index is 182. The van der Waals surface area contributed by atoms with Crippen LogP contribution in [0.2, 0.25) is 0 Å². The summed E-state index contributed by atoms with van der Waals surface area (Å²) in [4.78, 5) is 5.06. The summed E-state index contributed by atoms with van der Waals surface area (Å²) in [5.41, 5.74) is 0. The minimum atomic E-state index is 0.584. The Labute approximate surface area is 87.0 Å². The van der Waals surface area contributed by atoms with Crippen LogP contribution in [-0.2, 0) is 4.74 Å². The zero-order chi connectivity index (χ0) is 10.1. The Hall–Kier alpha value is -0.120. The molecule has 0 radical (unpaired) electrons. The van der Waals surface area contributed by atoms with E-state index < -0.39 is 0 Å². The molecule has 2 rings (SSSR count). The Morgan fingerprint density at radius 3 is 2.29 bits per heavy atom. The summed E-state index contributed by atoms with van der Waals surface area (Å²) in [5, 5.41) is 0. The second-order valence-electron chi connectivity index (χ2n) is 4.87. The normalized spacial score (nSPS) is 40.1. The third kappa shape index (κ3) is 2.47. The van der Waals surface area contributed by atoms with Crippen molar-refractivity contribution in [1.82, 2.24) is 9.80 Å². The average Bonchev–Trinajstić information content (AvgIpc) is 2.94. The smallest absolute Gasteiger partial charge is 0.0822 e. The van der Waals surface area contributed by atoms with E-state index >= 15 is 0 Å². The van der Waals surface area contributed by atoms with Gasteiger partial charge >= 0.3 is 0 Å². The van der Waals surface area contributed by atoms with Crippen LogP contribution in [-0.4, -0.2) is 61.3 Å². The van der Waals surface area contributed by atoms with Crippen molar-refractivity contribution >= 4 is 0 Å². The number of hydrogen-bond acceptors (Lipinski definition) is 3. The first-order valence-corrected chi connectivity index (χ1v) is 5.72. The van der Waals surface area contributed by atoms with Crippen LogP contribution in [0.3, 0.4) is 0 Å². The quantitative estimate of drug-likeness (QED) is 0.625. The van der Waals surface area contributed by atoms with E-state index in [4.69, 9.17) is 4.74 Å². The molecular weight excluding hydrogens is 176 g/mol. The van der Waals surface area contributed by atoms with Crippen molar-refractivity contribution in [1.29, 1.82) is 0 Å². The van der Waals surface area contributed by atoms with Crippen LogP contribution in [0.4, 0.5) is 0 Å². The van der Waals surface area contributed by atoms with Crippen molar-refractivity contribution in [2.45, 2.75) is 38.5 Å². The van der Waals surface area contributed by atoms with E-state index in [1.807, 2.05) is 0 Å². The first kappa shape index (κ1) is 10.4. The molecule has 0 spiro atoms. The highest BCUT2D eigenvalue weighted by Crippen LogP contribution is 2.17. The summed E-state index contributed by atoms with van der Waals surface area (Å²) < 4.78 is 5.24. The molecule has 2 saturated heterocycles. The van der Waals surface area contributed by atoms with Crippen molar-refractivity contribution in [2.24, 2.45) is 0 Å². The van der Waals surface area contributed by atoms with Crippen LogP contribution in [0.25, 0.3) is 0 Å². The van der Waals surface area contributed by atoms with Crippen molar-refractivity contribution in [3.63, 3.8) is 0 Å². The van der Waals surface area contributed by atoms with Gasteiger partial charge in [-0.3, -0.25) is 4.90 Å². The van der Waals surface area contributed by atoms with Gasteiger partial charge in [0.15, 0.2) is 0 Å². The van der Waals surface area contributed by atoms with E-state index in [0.29, 0.717) is 18.2 Å². The van der Waals surface area contributed by atoms with Gasteiger partial charge in [-0.2, -0.15) is 0 Å². The topological polar surface area (TPSA) is 19.0 Å². The lowest BCUT2D eigenvalue weighted by Gasteiger charge is -2.42. The standard InChI is InChI=1S/C11H22N2O/c1-9-6-13(5-4-11-8-14-11)7-10(2)12(9)3/h9-11H,4-8H2,1-3H3/t9-,10+,11?. The zero-order valence-corrected chi connectivity index (χ0v) is 9.57. The molecule has 0 amide bonds. The number of rotatable bonds is 3. The zero-order valence-electron chi connectivity index (χ0n) is 9.57. The lowest BCUT2D eigenvalue weighted by molar-refractivity contribution is 0.0582. The molecule has 2 aliphatic rings. The maximum atomic E-state index is 5.24. The predicted octanol–water partition coefficient (Wildman–Crippen LogP) is 0.800. The first-order chi connectivity index (χ1) is 6.66. The maximum absolute atomic E-state index is 5.24. The molecule has 82 valence electrons. The number of ether oxygens (including phenoxy) is 1. The van der Waals surface area contributed by atoms with Gasteiger partial charge in [0.2, 0.25) is 0 Å². The monoisotopic (exact) mass is 198 g/mol. The van der Waals surface area contributed by atoms with Gasteiger partial charge in [0, 0.05) is 31.7 Å². The molecule has 1 unspecified atom stereocenters. The number of likely N-dealkylation sites (N-methyl/N-ethyl adjacent to an activating group) is 1. The third-order valence-corrected chi connectivity index (χ3v) is 3.61. The summed E-state index contributed by atoms with van der Waals surface area (Å²) in [6, 6.07) is 1.39. The second-order valence-corrected chi connectivity index (χ2v) is 4.87. The number of nitrogens with zero attached hydrogens (tertiary/aromatic N) is 2. The van der Waals surface area contributed by atoms with Crippen LogP contribution in [0.5, 0.6) is 0 Å². The van der Waals surface area contributed by atoms with E-state index in [1.165, 1.54) is 26.1 Å². The molecule has 0 saturated carbocycles. The molecule has 0 N–H and O–H groups in total. The summed E-state index contributed by atoms with van der Waals surface area (Å²) >= 11 is 0. The largest absolute Gasteiger partial charge is 0.373 e. The summed E-state index contributed by atoms with van der Waals surface area (Å²) in [6.07, 6.45) is 1.81. The van der Waals surface area contributed by atoms with Gasteiger partial charge in [-0.05, 0) is 27.3 Å². The number of piperazine rings is 1. The Morgan fingerprint density at radius 1 is 1.21 bits per heavy atom. The fourth-order valence-corrected chi connectivity index (χ4v) is 2.26. The first-order valence-electron chi connectivity index (χ1n) is 5.72. The van der Waals surface area contributed by atoms with Gasteiger partial charge in [0.05, 0.1) is 12.7 Å². The Morgan fingerprint density at radius 2 is 1.79 bits per heavy atom. The SMILES string of the molecule is C[C@@H]1CN(CCC2CO2)C[C@H](C)N1C. The second kappa shape index (κ2) is 4.17. The van der Waals surface area contributed by atoms with Crippen molar-refractivity contribution in [3.05, 3.63) is 0 Å². The van der Waals surface area contributed by atoms with Crippen LogP contribution in [0, 0.1) is 0 Å². The minimum absolute atomic E-state index is 0.584. The van der Waals surface area contributed by atoms with Gasteiger partial charge in [0.1, 0.15) is 0 Å². The van der Waals surface area contributed by atoms with Gasteiger partial charge < -0.3 is 9.64 Å². The van der Waals surface area contributed by atoms with E-state index in [9.17, 15) is 0 Å². The minimum Gasteiger partial charge on any atom is -0.373 e. The fraction of sp³-hybridized carbons (Fsp3) is 1.00. The predicted molar refractivity (Wildman–Crippen MR) is 57.5 cm³/mol. The lowest BCUT2D eigenvalue weighted by atomic mass is 10.1. The molecule has 0 aromatic carbocycles. The molecule has 3 atom stereocenters. The summed E-state index contributed by atoms with van der Waals surface area (Å²) in [6.45, 7) is 9.28. The Kier molecular flexibility index (Phi) is 3.10. The van der Waals surface area contributed by atoms with E-state index in [1.54, 1.807) is 0 Å². The molecule has 0 aliphatic carbocycles. The van der Waals surface area contributed by atoms with Crippen LogP contribution in [0.15, 0.2) is 0 Å². The van der Waals surface area contributed by atoms with Crippen LogP contribution >= 0.6 is 0 Å². The van der Waals surface area contributed by atoms with E-state index in [-0.39, 0.29) is 0 Å². The highest BCUT2D eigenvalue weighted by atomic mass is 16.6. The third-order valence-electron chi connectivity index (χ3n) is 3.61. The average molecular weight is 198 g/mol. The van der Waals surface area contributed by atoms with Crippen molar-refractivity contribution < 1.29 is 4.74 Å². The molecule has 0 aromatic rings. The molecule has 14 heavy (non-hydrogen) atoms. The molecule has 2 heterocycles. The summed E-state index contributed by atoms with van der Waals surface area (Å²) in [7, 11) is 2.23. The Balaban J connectivity index is 1.75. The van der Waals surface area contributed by atoms with Crippen LogP contribution in [0.1, 0.15) is 20.3 Å². The maximum Gasteiger partial charge on any atom is 0.0822 e. The van der Waals surface area contributed by atoms with Crippen LogP contribution < -0.4 is 0 Å².